The standard InChI is InChI=1S/C25H23N3O3/c1-4-7-14-10-12-15(13-11-14)18-19-21(16-8-5-6-9-17(16)22(19)29)26-23-20(18)24(30)28(3)25(31)27(23)2/h5-6,8-13,18,29H,4,7H2,1-3H3/p+1. The van der Waals surface area contributed by atoms with Crippen molar-refractivity contribution in [2.45, 2.75) is 25.7 Å². The van der Waals surface area contributed by atoms with E-state index in [0.29, 0.717) is 17.0 Å². The molecule has 1 aliphatic heterocycles. The van der Waals surface area contributed by atoms with Crippen molar-refractivity contribution in [3.63, 3.8) is 0 Å². The first-order valence-corrected chi connectivity index (χ1v) is 10.5. The predicted octanol–water partition coefficient (Wildman–Crippen LogP) is 1.67. The fourth-order valence-corrected chi connectivity index (χ4v) is 4.77. The van der Waals surface area contributed by atoms with Crippen LogP contribution in [0.25, 0.3) is 5.76 Å². The summed E-state index contributed by atoms with van der Waals surface area (Å²) in [5.74, 6) is 0.154. The number of aliphatic hydroxyl groups excluding tert-OH is 1. The Morgan fingerprint density at radius 3 is 2.32 bits per heavy atom. The van der Waals surface area contributed by atoms with Crippen LogP contribution in [0.2, 0.25) is 0 Å². The summed E-state index contributed by atoms with van der Waals surface area (Å²) in [5, 5.41) is 11.2. The first-order valence-electron chi connectivity index (χ1n) is 10.5. The molecule has 0 saturated carbocycles. The van der Waals surface area contributed by atoms with Gasteiger partial charge >= 0.3 is 5.69 Å². The van der Waals surface area contributed by atoms with E-state index in [4.69, 9.17) is 0 Å². The number of nitrogens with one attached hydrogen (secondary N) is 1. The molecule has 1 aromatic heterocycles. The molecular weight excluding hydrogens is 390 g/mol. The summed E-state index contributed by atoms with van der Waals surface area (Å²) < 4.78 is 2.60. The normalized spacial score (nSPS) is 16.6. The zero-order chi connectivity index (χ0) is 21.9. The lowest BCUT2D eigenvalue weighted by molar-refractivity contribution is -0.364. The number of aromatic nitrogens is 2. The number of allylic oxidation sites excluding steroid dienone is 1. The van der Waals surface area contributed by atoms with E-state index in [9.17, 15) is 14.7 Å². The summed E-state index contributed by atoms with van der Waals surface area (Å²) >= 11 is 0. The Hall–Kier alpha value is -3.67. The smallest absolute Gasteiger partial charge is 0.417 e. The van der Waals surface area contributed by atoms with Gasteiger partial charge in [-0.3, -0.25) is 4.79 Å². The summed E-state index contributed by atoms with van der Waals surface area (Å²) in [5.41, 5.74) is 4.85. The molecule has 0 saturated heterocycles. The number of benzene rings is 2. The lowest BCUT2D eigenvalue weighted by Gasteiger charge is -2.24. The maximum absolute atomic E-state index is 13.3. The second-order valence-electron chi connectivity index (χ2n) is 8.20. The van der Waals surface area contributed by atoms with Crippen molar-refractivity contribution in [1.29, 1.82) is 0 Å². The largest absolute Gasteiger partial charge is 0.507 e. The molecule has 156 valence electrons. The van der Waals surface area contributed by atoms with Gasteiger partial charge in [0.2, 0.25) is 0 Å². The molecule has 1 aliphatic carbocycles. The molecule has 6 heteroatoms. The third-order valence-electron chi connectivity index (χ3n) is 6.35. The van der Waals surface area contributed by atoms with E-state index in [1.807, 2.05) is 36.4 Å². The van der Waals surface area contributed by atoms with Crippen molar-refractivity contribution in [3.05, 3.63) is 103 Å². The van der Waals surface area contributed by atoms with Crippen LogP contribution in [-0.2, 0) is 20.5 Å². The Balaban J connectivity index is 1.86. The molecule has 0 radical (unpaired) electrons. The lowest BCUT2D eigenvalue weighted by Crippen LogP contribution is -2.73. The Labute approximate surface area is 179 Å². The van der Waals surface area contributed by atoms with Crippen LogP contribution < -0.4 is 16.2 Å². The molecule has 2 N–H and O–H groups in total. The minimum atomic E-state index is -0.486. The molecule has 2 aliphatic rings. The number of aliphatic hydroxyl groups is 1. The van der Waals surface area contributed by atoms with Crippen molar-refractivity contribution in [2.75, 3.05) is 0 Å². The zero-order valence-corrected chi connectivity index (χ0v) is 17.8. The van der Waals surface area contributed by atoms with Crippen molar-refractivity contribution in [1.82, 2.24) is 9.13 Å². The van der Waals surface area contributed by atoms with Gasteiger partial charge in [-0.15, -0.1) is 0 Å². The maximum Gasteiger partial charge on any atom is 0.417 e. The van der Waals surface area contributed by atoms with Gasteiger partial charge in [0.15, 0.2) is 0 Å². The maximum atomic E-state index is 13.3. The van der Waals surface area contributed by atoms with Gasteiger partial charge in [0.05, 0.1) is 18.5 Å². The molecule has 31 heavy (non-hydrogen) atoms. The SMILES string of the molecule is CCCc1ccc(C2C3=C(O)c4ccccc4C3=[NH+]c3c2c(=O)n(C)c(=O)n3C)cc1. The zero-order valence-electron chi connectivity index (χ0n) is 17.8. The van der Waals surface area contributed by atoms with E-state index in [1.165, 1.54) is 17.2 Å². The minimum Gasteiger partial charge on any atom is -0.507 e. The Morgan fingerprint density at radius 2 is 1.65 bits per heavy atom. The lowest BCUT2D eigenvalue weighted by atomic mass is 9.81. The third-order valence-corrected chi connectivity index (χ3v) is 6.35. The number of hydrogen-bond donors (Lipinski definition) is 2. The second kappa shape index (κ2) is 6.94. The van der Waals surface area contributed by atoms with E-state index in [1.54, 1.807) is 7.05 Å². The van der Waals surface area contributed by atoms with Gasteiger partial charge in [0.1, 0.15) is 17.0 Å². The highest BCUT2D eigenvalue weighted by Gasteiger charge is 2.44. The van der Waals surface area contributed by atoms with Crippen LogP contribution in [0.5, 0.6) is 0 Å². The molecule has 6 nitrogen and oxygen atoms in total. The number of nitrogens with zero attached hydrogens (tertiary/aromatic N) is 2. The first kappa shape index (κ1) is 19.3. The number of fused-ring (bicyclic) bond motifs is 4. The van der Waals surface area contributed by atoms with E-state index in [2.05, 4.69) is 24.0 Å². The molecule has 0 fully saturated rings. The fraction of sp³-hybridized carbons (Fsp3) is 0.240. The highest BCUT2D eigenvalue weighted by atomic mass is 16.3. The molecule has 0 bridgehead atoms. The molecule has 3 aromatic rings. The van der Waals surface area contributed by atoms with Crippen LogP contribution in [0.3, 0.4) is 0 Å². The molecule has 2 heterocycles. The molecule has 1 unspecified atom stereocenters. The van der Waals surface area contributed by atoms with Crippen LogP contribution >= 0.6 is 0 Å². The van der Waals surface area contributed by atoms with Crippen LogP contribution in [0, 0.1) is 0 Å². The summed E-state index contributed by atoms with van der Waals surface area (Å²) in [6.45, 7) is 2.14. The summed E-state index contributed by atoms with van der Waals surface area (Å²) in [7, 11) is 3.15. The highest BCUT2D eigenvalue weighted by Crippen LogP contribution is 2.43. The summed E-state index contributed by atoms with van der Waals surface area (Å²) in [4.78, 5) is 29.2. The van der Waals surface area contributed by atoms with Gasteiger partial charge in [-0.1, -0.05) is 55.8 Å². The number of aryl methyl sites for hydroxylation is 1. The van der Waals surface area contributed by atoms with Crippen LogP contribution in [-0.4, -0.2) is 20.0 Å². The average Bonchev–Trinajstić information content (AvgIpc) is 3.08. The monoisotopic (exact) mass is 414 g/mol. The Morgan fingerprint density at radius 1 is 0.968 bits per heavy atom. The number of rotatable bonds is 3. The quantitative estimate of drug-likeness (QED) is 0.684. The topological polar surface area (TPSA) is 78.2 Å². The molecule has 5 rings (SSSR count). The number of hydrogen-bond acceptors (Lipinski definition) is 3. The van der Waals surface area contributed by atoms with Gasteiger partial charge in [0.25, 0.3) is 11.4 Å². The van der Waals surface area contributed by atoms with E-state index in [-0.39, 0.29) is 11.3 Å². The summed E-state index contributed by atoms with van der Waals surface area (Å²) in [6, 6.07) is 15.8. The molecule has 0 amide bonds. The van der Waals surface area contributed by atoms with Gasteiger partial charge in [-0.25, -0.2) is 14.4 Å². The predicted molar refractivity (Wildman–Crippen MR) is 120 cm³/mol. The Kier molecular flexibility index (Phi) is 4.32. The van der Waals surface area contributed by atoms with Crippen molar-refractivity contribution >= 4 is 17.3 Å². The van der Waals surface area contributed by atoms with Crippen LogP contribution in [0.1, 0.15) is 47.1 Å². The summed E-state index contributed by atoms with van der Waals surface area (Å²) in [6.07, 6.45) is 2.04. The van der Waals surface area contributed by atoms with E-state index < -0.39 is 11.6 Å². The first-order chi connectivity index (χ1) is 14.9. The van der Waals surface area contributed by atoms with Crippen molar-refractivity contribution < 1.29 is 10.1 Å². The average molecular weight is 414 g/mol. The van der Waals surface area contributed by atoms with Gasteiger partial charge in [-0.05, 0) is 23.6 Å². The second-order valence-corrected chi connectivity index (χ2v) is 8.20. The molecule has 1 atom stereocenters. The molecule has 2 aromatic carbocycles. The fourth-order valence-electron chi connectivity index (χ4n) is 4.77. The van der Waals surface area contributed by atoms with Crippen molar-refractivity contribution in [2.24, 2.45) is 14.1 Å². The van der Waals surface area contributed by atoms with E-state index >= 15 is 0 Å². The third kappa shape index (κ3) is 2.68. The highest BCUT2D eigenvalue weighted by molar-refractivity contribution is 6.21. The van der Waals surface area contributed by atoms with Crippen LogP contribution in [0.4, 0.5) is 5.82 Å². The Bertz CT molecular complexity index is 1410. The van der Waals surface area contributed by atoms with Gasteiger partial charge in [-0.2, -0.15) is 4.57 Å². The minimum absolute atomic E-state index is 0.169. The van der Waals surface area contributed by atoms with Gasteiger partial charge in [0, 0.05) is 18.2 Å². The van der Waals surface area contributed by atoms with Gasteiger partial charge < -0.3 is 5.11 Å². The molecular formula is C25H24N3O3+. The van der Waals surface area contributed by atoms with Crippen LogP contribution in [0.15, 0.2) is 63.7 Å². The molecule has 0 spiro atoms. The van der Waals surface area contributed by atoms with Crippen molar-refractivity contribution in [3.8, 4) is 0 Å². The van der Waals surface area contributed by atoms with E-state index in [0.717, 1.165) is 39.8 Å².